The fourth-order valence-electron chi connectivity index (χ4n) is 2.25. The molecule has 1 aromatic rings. The van der Waals surface area contributed by atoms with E-state index in [1.54, 1.807) is 0 Å². The Kier molecular flexibility index (Phi) is 7.82. The maximum Gasteiger partial charge on any atom is 0.308 e. The van der Waals surface area contributed by atoms with E-state index in [4.69, 9.17) is 0 Å². The molecule has 1 unspecified atom stereocenters. The van der Waals surface area contributed by atoms with Gasteiger partial charge in [0.2, 0.25) is 5.91 Å². The average Bonchev–Trinajstić information content (AvgIpc) is 2.55. The van der Waals surface area contributed by atoms with E-state index < -0.39 is 41.0 Å². The van der Waals surface area contributed by atoms with Gasteiger partial charge in [-0.1, -0.05) is 6.07 Å². The van der Waals surface area contributed by atoms with E-state index >= 15 is 0 Å². The molecule has 142 valence electrons. The Balaban J connectivity index is 0.000000765. The number of ketones is 1. The summed E-state index contributed by atoms with van der Waals surface area (Å²) in [6, 6.07) is 1.88. The number of hydrogen-bond donors (Lipinski definition) is 1. The second-order valence-electron chi connectivity index (χ2n) is 5.59. The number of piperazine rings is 1. The number of ether oxygens (including phenoxy) is 1. The molecule has 1 saturated heterocycles. The zero-order chi connectivity index (χ0) is 19.9. The molecule has 1 aliphatic heterocycles. The van der Waals surface area contributed by atoms with Crippen LogP contribution in [-0.2, 0) is 19.1 Å². The minimum atomic E-state index is -1.16. The van der Waals surface area contributed by atoms with Crippen molar-refractivity contribution in [3.8, 4) is 0 Å². The molecular formula is C17H20F2N2O5. The zero-order valence-electron chi connectivity index (χ0n) is 14.7. The molecule has 9 heteroatoms. The predicted octanol–water partition coefficient (Wildman–Crippen LogP) is 1.06. The van der Waals surface area contributed by atoms with Gasteiger partial charge in [-0.05, 0) is 26.0 Å². The molecular weight excluding hydrogens is 350 g/mol. The Bertz CT molecular complexity index is 684. The molecule has 1 atom stereocenters. The van der Waals surface area contributed by atoms with Crippen LogP contribution in [0.25, 0.3) is 0 Å². The van der Waals surface area contributed by atoms with Crippen molar-refractivity contribution in [1.82, 2.24) is 10.2 Å². The van der Waals surface area contributed by atoms with Crippen LogP contribution in [0.3, 0.4) is 0 Å². The summed E-state index contributed by atoms with van der Waals surface area (Å²) in [5, 5.41) is 2.50. The number of carbonyl (C=O) groups is 4. The van der Waals surface area contributed by atoms with Gasteiger partial charge in [0.05, 0.1) is 13.5 Å². The summed E-state index contributed by atoms with van der Waals surface area (Å²) in [6.45, 7) is 3.23. The third-order valence-corrected chi connectivity index (χ3v) is 3.36. The van der Waals surface area contributed by atoms with E-state index in [-0.39, 0.29) is 25.3 Å². The molecule has 0 bridgehead atoms. The van der Waals surface area contributed by atoms with Crippen molar-refractivity contribution in [3.05, 3.63) is 35.4 Å². The van der Waals surface area contributed by atoms with E-state index in [0.717, 1.165) is 30.2 Å². The first-order chi connectivity index (χ1) is 12.2. The monoisotopic (exact) mass is 370 g/mol. The molecule has 0 aromatic heterocycles. The van der Waals surface area contributed by atoms with Crippen LogP contribution in [0.2, 0.25) is 0 Å². The van der Waals surface area contributed by atoms with Crippen molar-refractivity contribution in [2.75, 3.05) is 20.2 Å². The normalized spacial score (nSPS) is 16.1. The van der Waals surface area contributed by atoms with E-state index in [2.05, 4.69) is 10.1 Å². The fraction of sp³-hybridized carbons (Fsp3) is 0.412. The number of benzene rings is 1. The lowest BCUT2D eigenvalue weighted by molar-refractivity contribution is -0.145. The fourth-order valence-corrected chi connectivity index (χ4v) is 2.25. The number of carbonyl (C=O) groups excluding carboxylic acids is 4. The van der Waals surface area contributed by atoms with Crippen molar-refractivity contribution < 1.29 is 32.7 Å². The first-order valence-corrected chi connectivity index (χ1v) is 7.75. The maximum absolute atomic E-state index is 13.7. The number of rotatable bonds is 3. The Morgan fingerprint density at radius 1 is 1.23 bits per heavy atom. The van der Waals surface area contributed by atoms with Crippen LogP contribution >= 0.6 is 0 Å². The lowest BCUT2D eigenvalue weighted by atomic mass is 10.1. The third kappa shape index (κ3) is 5.61. The van der Waals surface area contributed by atoms with Gasteiger partial charge < -0.3 is 19.7 Å². The van der Waals surface area contributed by atoms with Crippen LogP contribution in [-0.4, -0.2) is 54.7 Å². The van der Waals surface area contributed by atoms with E-state index in [1.165, 1.54) is 13.8 Å². The highest BCUT2D eigenvalue weighted by Crippen LogP contribution is 2.19. The van der Waals surface area contributed by atoms with E-state index in [9.17, 15) is 28.0 Å². The van der Waals surface area contributed by atoms with Crippen molar-refractivity contribution in [1.29, 1.82) is 0 Å². The summed E-state index contributed by atoms with van der Waals surface area (Å²) < 4.78 is 31.9. The molecule has 1 N–H and O–H groups in total. The van der Waals surface area contributed by atoms with E-state index in [0.29, 0.717) is 0 Å². The number of methoxy groups -OCH3 is 1. The second kappa shape index (κ2) is 9.59. The molecule has 1 fully saturated rings. The molecule has 1 aliphatic rings. The van der Waals surface area contributed by atoms with Crippen LogP contribution in [0.4, 0.5) is 8.78 Å². The quantitative estimate of drug-likeness (QED) is 0.804. The van der Waals surface area contributed by atoms with Crippen molar-refractivity contribution >= 4 is 23.6 Å². The van der Waals surface area contributed by atoms with Gasteiger partial charge >= 0.3 is 5.97 Å². The summed E-state index contributed by atoms with van der Waals surface area (Å²) in [6.07, 6.45) is -0.385. The maximum atomic E-state index is 13.7. The Hall–Kier alpha value is -2.84. The molecule has 0 saturated carbocycles. The van der Waals surface area contributed by atoms with Crippen LogP contribution in [0, 0.1) is 11.6 Å². The SMILES string of the molecule is CC(C)=O.COC(=O)CC1C(=O)NCCN1C(=O)c1c(F)cccc1F. The lowest BCUT2D eigenvalue weighted by Gasteiger charge is -2.34. The Labute approximate surface area is 149 Å². The van der Waals surface area contributed by atoms with Gasteiger partial charge in [0.25, 0.3) is 5.91 Å². The Morgan fingerprint density at radius 3 is 2.27 bits per heavy atom. The van der Waals surface area contributed by atoms with Gasteiger partial charge in [0.1, 0.15) is 29.0 Å². The van der Waals surface area contributed by atoms with Gasteiger partial charge in [-0.25, -0.2) is 8.78 Å². The highest BCUT2D eigenvalue weighted by molar-refractivity contribution is 5.99. The number of esters is 1. The van der Waals surface area contributed by atoms with Gasteiger partial charge in [-0.2, -0.15) is 0 Å². The average molecular weight is 370 g/mol. The highest BCUT2D eigenvalue weighted by Gasteiger charge is 2.37. The second-order valence-corrected chi connectivity index (χ2v) is 5.59. The predicted molar refractivity (Wildman–Crippen MR) is 87.2 cm³/mol. The highest BCUT2D eigenvalue weighted by atomic mass is 19.1. The minimum Gasteiger partial charge on any atom is -0.469 e. The van der Waals surface area contributed by atoms with Gasteiger partial charge in [-0.15, -0.1) is 0 Å². The molecule has 0 aliphatic carbocycles. The Morgan fingerprint density at radius 2 is 1.77 bits per heavy atom. The number of Topliss-reactive ketones (excluding diaryl/α,β-unsaturated/α-hetero) is 1. The van der Waals surface area contributed by atoms with Crippen molar-refractivity contribution in [2.45, 2.75) is 26.3 Å². The third-order valence-electron chi connectivity index (χ3n) is 3.36. The van der Waals surface area contributed by atoms with Gasteiger partial charge in [0.15, 0.2) is 0 Å². The summed E-state index contributed by atoms with van der Waals surface area (Å²) in [5.41, 5.74) is -0.743. The van der Waals surface area contributed by atoms with Gasteiger partial charge in [0, 0.05) is 13.1 Å². The summed E-state index contributed by atoms with van der Waals surface area (Å²) in [7, 11) is 1.14. The van der Waals surface area contributed by atoms with Crippen molar-refractivity contribution in [3.63, 3.8) is 0 Å². The number of nitrogens with zero attached hydrogens (tertiary/aromatic N) is 1. The summed E-state index contributed by atoms with van der Waals surface area (Å²) >= 11 is 0. The van der Waals surface area contributed by atoms with Gasteiger partial charge in [-0.3, -0.25) is 14.4 Å². The summed E-state index contributed by atoms with van der Waals surface area (Å²) in [5.74, 6) is -4.12. The van der Waals surface area contributed by atoms with Crippen LogP contribution in [0.15, 0.2) is 18.2 Å². The molecule has 0 radical (unpaired) electrons. The summed E-state index contributed by atoms with van der Waals surface area (Å²) in [4.78, 5) is 46.0. The molecule has 1 heterocycles. The zero-order valence-corrected chi connectivity index (χ0v) is 14.7. The minimum absolute atomic E-state index is 0.0417. The molecule has 7 nitrogen and oxygen atoms in total. The number of nitrogens with one attached hydrogen (secondary N) is 1. The molecule has 0 spiro atoms. The number of hydrogen-bond acceptors (Lipinski definition) is 5. The lowest BCUT2D eigenvalue weighted by Crippen LogP contribution is -2.58. The standard InChI is InChI=1S/C14H14F2N2O4.C3H6O/c1-22-11(19)7-10-13(20)17-5-6-18(10)14(21)12-8(15)3-2-4-9(12)16;1-3(2)4/h2-4,10H,5-7H2,1H3,(H,17,20);1-2H3. The number of amides is 2. The molecule has 2 amide bonds. The van der Waals surface area contributed by atoms with Crippen LogP contribution < -0.4 is 5.32 Å². The van der Waals surface area contributed by atoms with Crippen molar-refractivity contribution in [2.24, 2.45) is 0 Å². The smallest absolute Gasteiger partial charge is 0.308 e. The molecule has 1 aromatic carbocycles. The van der Waals surface area contributed by atoms with E-state index in [1.807, 2.05) is 0 Å². The molecule has 26 heavy (non-hydrogen) atoms. The first kappa shape index (κ1) is 21.2. The first-order valence-electron chi connectivity index (χ1n) is 7.75. The topological polar surface area (TPSA) is 92.8 Å². The number of halogens is 2. The van der Waals surface area contributed by atoms with Crippen LogP contribution in [0.5, 0.6) is 0 Å². The van der Waals surface area contributed by atoms with Crippen LogP contribution in [0.1, 0.15) is 30.6 Å². The largest absolute Gasteiger partial charge is 0.469 e. The molecule has 2 rings (SSSR count).